The maximum absolute atomic E-state index is 5.86. The fourth-order valence-corrected chi connectivity index (χ4v) is 2.39. The molecular formula is C16H15ClN4. The minimum atomic E-state index is -0.101. The van der Waals surface area contributed by atoms with E-state index >= 15 is 0 Å². The highest BCUT2D eigenvalue weighted by Crippen LogP contribution is 2.19. The number of para-hydroxylation sites is 1. The van der Waals surface area contributed by atoms with Gasteiger partial charge in [0.15, 0.2) is 0 Å². The number of benzene rings is 1. The molecule has 21 heavy (non-hydrogen) atoms. The van der Waals surface area contributed by atoms with Crippen LogP contribution in [0.25, 0.3) is 10.9 Å². The second kappa shape index (κ2) is 6.18. The molecule has 0 spiro atoms. The molecule has 3 N–H and O–H groups in total. The number of nitrogens with two attached hydrogens (primary N) is 1. The first-order valence-corrected chi connectivity index (χ1v) is 7.06. The largest absolute Gasteiger partial charge is 0.271 e. The molecule has 5 heteroatoms. The summed E-state index contributed by atoms with van der Waals surface area (Å²) in [4.78, 5) is 8.96. The van der Waals surface area contributed by atoms with Crippen LogP contribution in [0.15, 0.2) is 54.7 Å². The monoisotopic (exact) mass is 298 g/mol. The summed E-state index contributed by atoms with van der Waals surface area (Å²) in [5.74, 6) is 5.65. The van der Waals surface area contributed by atoms with E-state index in [9.17, 15) is 0 Å². The lowest BCUT2D eigenvalue weighted by Gasteiger charge is -2.15. The standard InChI is InChI=1S/C16H15ClN4/c17-12-6-8-15(19-10-12)16(21-18)9-13-7-5-11-3-1-2-4-14(11)20-13/h1-8,10,16,21H,9,18H2. The van der Waals surface area contributed by atoms with Crippen molar-refractivity contribution in [1.29, 1.82) is 0 Å². The smallest absolute Gasteiger partial charge is 0.0705 e. The van der Waals surface area contributed by atoms with Crippen molar-refractivity contribution in [1.82, 2.24) is 15.4 Å². The number of aromatic nitrogens is 2. The molecule has 3 rings (SSSR count). The minimum absolute atomic E-state index is 0.101. The number of pyridine rings is 2. The number of nitrogens with zero attached hydrogens (tertiary/aromatic N) is 2. The third-order valence-electron chi connectivity index (χ3n) is 3.38. The molecular weight excluding hydrogens is 284 g/mol. The average Bonchev–Trinajstić information content (AvgIpc) is 2.53. The summed E-state index contributed by atoms with van der Waals surface area (Å²) in [6, 6.07) is 15.7. The molecule has 3 aromatic rings. The topological polar surface area (TPSA) is 63.8 Å². The van der Waals surface area contributed by atoms with Crippen LogP contribution < -0.4 is 11.3 Å². The Labute approximate surface area is 128 Å². The Balaban J connectivity index is 1.86. The number of hydrogen-bond donors (Lipinski definition) is 2. The van der Waals surface area contributed by atoms with Crippen LogP contribution in [0.2, 0.25) is 5.02 Å². The quantitative estimate of drug-likeness (QED) is 0.574. The van der Waals surface area contributed by atoms with E-state index in [0.717, 1.165) is 22.3 Å². The predicted octanol–water partition coefficient (Wildman–Crippen LogP) is 3.03. The van der Waals surface area contributed by atoms with Crippen molar-refractivity contribution < 1.29 is 0 Å². The maximum atomic E-state index is 5.86. The van der Waals surface area contributed by atoms with E-state index in [-0.39, 0.29) is 6.04 Å². The van der Waals surface area contributed by atoms with Crippen LogP contribution in [0.4, 0.5) is 0 Å². The fraction of sp³-hybridized carbons (Fsp3) is 0.125. The third-order valence-corrected chi connectivity index (χ3v) is 3.60. The molecule has 1 atom stereocenters. The zero-order chi connectivity index (χ0) is 14.7. The van der Waals surface area contributed by atoms with Crippen LogP contribution in [-0.4, -0.2) is 9.97 Å². The number of rotatable bonds is 4. The van der Waals surface area contributed by atoms with Crippen molar-refractivity contribution in [3.05, 3.63) is 71.1 Å². The molecule has 4 nitrogen and oxygen atoms in total. The lowest BCUT2D eigenvalue weighted by Crippen LogP contribution is -2.30. The van der Waals surface area contributed by atoms with E-state index in [1.807, 2.05) is 42.5 Å². The molecule has 0 fully saturated rings. The normalized spacial score (nSPS) is 12.5. The van der Waals surface area contributed by atoms with E-state index in [4.69, 9.17) is 17.4 Å². The van der Waals surface area contributed by atoms with Gasteiger partial charge in [-0.3, -0.25) is 21.2 Å². The van der Waals surface area contributed by atoms with Crippen LogP contribution in [-0.2, 0) is 6.42 Å². The highest BCUT2D eigenvalue weighted by atomic mass is 35.5. The van der Waals surface area contributed by atoms with Gasteiger partial charge < -0.3 is 0 Å². The maximum Gasteiger partial charge on any atom is 0.0705 e. The van der Waals surface area contributed by atoms with E-state index < -0.39 is 0 Å². The molecule has 0 radical (unpaired) electrons. The second-order valence-electron chi connectivity index (χ2n) is 4.82. The fourth-order valence-electron chi connectivity index (χ4n) is 2.27. The second-order valence-corrected chi connectivity index (χ2v) is 5.26. The number of nitrogens with one attached hydrogen (secondary N) is 1. The van der Waals surface area contributed by atoms with Gasteiger partial charge in [-0.15, -0.1) is 0 Å². The minimum Gasteiger partial charge on any atom is -0.271 e. The van der Waals surface area contributed by atoms with E-state index in [0.29, 0.717) is 11.4 Å². The lowest BCUT2D eigenvalue weighted by molar-refractivity contribution is 0.533. The molecule has 1 aromatic carbocycles. The van der Waals surface area contributed by atoms with Crippen LogP contribution in [0.3, 0.4) is 0 Å². The van der Waals surface area contributed by atoms with Gasteiger partial charge in [0.1, 0.15) is 0 Å². The van der Waals surface area contributed by atoms with Crippen LogP contribution in [0.1, 0.15) is 17.4 Å². The van der Waals surface area contributed by atoms with Crippen molar-refractivity contribution in [3.63, 3.8) is 0 Å². The lowest BCUT2D eigenvalue weighted by atomic mass is 10.1. The molecule has 2 heterocycles. The van der Waals surface area contributed by atoms with Gasteiger partial charge in [-0.2, -0.15) is 0 Å². The Morgan fingerprint density at radius 3 is 2.71 bits per heavy atom. The first-order valence-electron chi connectivity index (χ1n) is 6.68. The summed E-state index contributed by atoms with van der Waals surface area (Å²) >= 11 is 5.86. The third kappa shape index (κ3) is 3.19. The van der Waals surface area contributed by atoms with Gasteiger partial charge in [-0.05, 0) is 24.3 Å². The number of fused-ring (bicyclic) bond motifs is 1. The van der Waals surface area contributed by atoms with Crippen molar-refractivity contribution in [2.45, 2.75) is 12.5 Å². The van der Waals surface area contributed by atoms with Gasteiger partial charge in [0.2, 0.25) is 0 Å². The summed E-state index contributed by atoms with van der Waals surface area (Å²) in [6.07, 6.45) is 2.28. The first-order chi connectivity index (χ1) is 10.3. The van der Waals surface area contributed by atoms with Crippen molar-refractivity contribution >= 4 is 22.5 Å². The van der Waals surface area contributed by atoms with Gasteiger partial charge in [0.25, 0.3) is 0 Å². The molecule has 0 aliphatic heterocycles. The van der Waals surface area contributed by atoms with Gasteiger partial charge >= 0.3 is 0 Å². The zero-order valence-electron chi connectivity index (χ0n) is 11.3. The zero-order valence-corrected chi connectivity index (χ0v) is 12.1. The highest BCUT2D eigenvalue weighted by molar-refractivity contribution is 6.30. The number of halogens is 1. The molecule has 0 aliphatic rings. The number of hydrazine groups is 1. The van der Waals surface area contributed by atoms with Gasteiger partial charge in [-0.1, -0.05) is 35.9 Å². The Morgan fingerprint density at radius 2 is 1.95 bits per heavy atom. The Bertz CT molecular complexity index is 743. The summed E-state index contributed by atoms with van der Waals surface area (Å²) < 4.78 is 0. The molecule has 0 bridgehead atoms. The Hall–Kier alpha value is -2.01. The number of hydrogen-bond acceptors (Lipinski definition) is 4. The molecule has 2 aromatic heterocycles. The van der Waals surface area contributed by atoms with Gasteiger partial charge in [-0.25, -0.2) is 0 Å². The Morgan fingerprint density at radius 1 is 1.10 bits per heavy atom. The SMILES string of the molecule is NNC(Cc1ccc2ccccc2n1)c1ccc(Cl)cn1. The van der Waals surface area contributed by atoms with E-state index in [1.165, 1.54) is 0 Å². The highest BCUT2D eigenvalue weighted by Gasteiger charge is 2.13. The summed E-state index contributed by atoms with van der Waals surface area (Å²) in [5.41, 5.74) is 5.58. The first kappa shape index (κ1) is 13.9. The molecule has 0 saturated carbocycles. The van der Waals surface area contributed by atoms with Crippen molar-refractivity contribution in [3.8, 4) is 0 Å². The molecule has 0 amide bonds. The Kier molecular flexibility index (Phi) is 4.10. The van der Waals surface area contributed by atoms with Crippen LogP contribution in [0.5, 0.6) is 0 Å². The summed E-state index contributed by atoms with van der Waals surface area (Å²) in [6.45, 7) is 0. The van der Waals surface area contributed by atoms with Crippen molar-refractivity contribution in [2.75, 3.05) is 0 Å². The summed E-state index contributed by atoms with van der Waals surface area (Å²) in [7, 11) is 0. The average molecular weight is 299 g/mol. The molecule has 0 aliphatic carbocycles. The van der Waals surface area contributed by atoms with Gasteiger partial charge in [0.05, 0.1) is 22.3 Å². The predicted molar refractivity (Wildman–Crippen MR) is 84.8 cm³/mol. The molecule has 0 saturated heterocycles. The van der Waals surface area contributed by atoms with E-state index in [2.05, 4.69) is 21.5 Å². The van der Waals surface area contributed by atoms with Crippen LogP contribution in [0, 0.1) is 0 Å². The summed E-state index contributed by atoms with van der Waals surface area (Å²) in [5, 5.41) is 1.74. The van der Waals surface area contributed by atoms with Crippen molar-refractivity contribution in [2.24, 2.45) is 5.84 Å². The molecule has 106 valence electrons. The molecule has 1 unspecified atom stereocenters. The van der Waals surface area contributed by atoms with Gasteiger partial charge in [0, 0.05) is 23.7 Å². The van der Waals surface area contributed by atoms with E-state index in [1.54, 1.807) is 6.20 Å². The van der Waals surface area contributed by atoms with Crippen LogP contribution >= 0.6 is 11.6 Å².